The van der Waals surface area contributed by atoms with Crippen molar-refractivity contribution in [2.75, 3.05) is 0 Å². The predicted octanol–water partition coefficient (Wildman–Crippen LogP) is 2.55. The number of carbonyl (C=O) groups excluding carboxylic acids is 1. The fraction of sp³-hybridized carbons (Fsp3) is 0.375. The molecule has 6 heteroatoms. The Morgan fingerprint density at radius 1 is 1.27 bits per heavy atom. The highest BCUT2D eigenvalue weighted by molar-refractivity contribution is 5.98. The van der Waals surface area contributed by atoms with E-state index in [1.807, 2.05) is 0 Å². The van der Waals surface area contributed by atoms with E-state index in [0.717, 1.165) is 0 Å². The van der Waals surface area contributed by atoms with Gasteiger partial charge in [-0.2, -0.15) is 0 Å². The van der Waals surface area contributed by atoms with Crippen LogP contribution in [0.3, 0.4) is 0 Å². The van der Waals surface area contributed by atoms with E-state index >= 15 is 0 Å². The summed E-state index contributed by atoms with van der Waals surface area (Å²) in [6, 6.07) is 3.31. The predicted molar refractivity (Wildman–Crippen MR) is 78.8 cm³/mol. The summed E-state index contributed by atoms with van der Waals surface area (Å²) in [5.74, 6) is -2.05. The monoisotopic (exact) mass is 305 g/mol. The normalized spacial score (nSPS) is 18.5. The summed E-state index contributed by atoms with van der Waals surface area (Å²) in [7, 11) is 0. The lowest BCUT2D eigenvalue weighted by molar-refractivity contribution is -0.143. The number of rotatable bonds is 4. The number of furan rings is 1. The van der Waals surface area contributed by atoms with Crippen molar-refractivity contribution in [2.24, 2.45) is 0 Å². The van der Waals surface area contributed by atoms with E-state index < -0.39 is 17.9 Å². The van der Waals surface area contributed by atoms with Crippen LogP contribution < -0.4 is 5.32 Å². The van der Waals surface area contributed by atoms with Crippen molar-refractivity contribution in [3.63, 3.8) is 0 Å². The summed E-state index contributed by atoms with van der Waals surface area (Å²) >= 11 is 0. The van der Waals surface area contributed by atoms with Crippen molar-refractivity contribution >= 4 is 11.9 Å². The molecule has 0 fully saturated rings. The van der Waals surface area contributed by atoms with Crippen LogP contribution in [-0.4, -0.2) is 23.1 Å². The van der Waals surface area contributed by atoms with Crippen LogP contribution in [0.2, 0.25) is 0 Å². The fourth-order valence-corrected chi connectivity index (χ4v) is 2.57. The SMILES string of the molecule is CC1=C(C(=O)O)C(c2ccco2)C(C(=O)OC(C)C)=C(C)N1. The molecule has 0 radical (unpaired) electrons. The number of carbonyl (C=O) groups is 2. The van der Waals surface area contributed by atoms with Gasteiger partial charge in [0.05, 0.1) is 29.4 Å². The highest BCUT2D eigenvalue weighted by Crippen LogP contribution is 2.38. The number of aliphatic carboxylic acids is 1. The summed E-state index contributed by atoms with van der Waals surface area (Å²) < 4.78 is 10.6. The molecule has 1 atom stereocenters. The third-order valence-electron chi connectivity index (χ3n) is 3.38. The molecule has 1 aliphatic heterocycles. The van der Waals surface area contributed by atoms with Gasteiger partial charge in [0, 0.05) is 11.4 Å². The Morgan fingerprint density at radius 3 is 2.41 bits per heavy atom. The second kappa shape index (κ2) is 6.09. The van der Waals surface area contributed by atoms with Gasteiger partial charge in [-0.25, -0.2) is 9.59 Å². The van der Waals surface area contributed by atoms with Crippen LogP contribution in [0, 0.1) is 0 Å². The third kappa shape index (κ3) is 2.90. The van der Waals surface area contributed by atoms with E-state index in [0.29, 0.717) is 17.2 Å². The minimum Gasteiger partial charge on any atom is -0.478 e. The molecule has 118 valence electrons. The van der Waals surface area contributed by atoms with E-state index in [1.54, 1.807) is 39.8 Å². The largest absolute Gasteiger partial charge is 0.478 e. The van der Waals surface area contributed by atoms with E-state index in [9.17, 15) is 14.7 Å². The molecule has 1 aromatic rings. The lowest BCUT2D eigenvalue weighted by atomic mass is 9.83. The Hall–Kier alpha value is -2.50. The number of allylic oxidation sites excluding steroid dienone is 2. The number of esters is 1. The fourth-order valence-electron chi connectivity index (χ4n) is 2.57. The molecule has 2 N–H and O–H groups in total. The zero-order valence-electron chi connectivity index (χ0n) is 13.0. The first kappa shape index (κ1) is 15.9. The van der Waals surface area contributed by atoms with Crippen LogP contribution in [-0.2, 0) is 14.3 Å². The average Bonchev–Trinajstić information content (AvgIpc) is 2.89. The maximum atomic E-state index is 12.4. The summed E-state index contributed by atoms with van der Waals surface area (Å²) in [6.45, 7) is 6.86. The molecule has 0 aliphatic carbocycles. The topological polar surface area (TPSA) is 88.8 Å². The molecular formula is C16H19NO5. The number of dihydropyridines is 1. The van der Waals surface area contributed by atoms with Gasteiger partial charge < -0.3 is 19.6 Å². The van der Waals surface area contributed by atoms with Crippen molar-refractivity contribution in [2.45, 2.75) is 39.7 Å². The Morgan fingerprint density at radius 2 is 1.91 bits per heavy atom. The lowest BCUT2D eigenvalue weighted by Gasteiger charge is -2.28. The van der Waals surface area contributed by atoms with Gasteiger partial charge in [0.2, 0.25) is 0 Å². The molecule has 1 unspecified atom stereocenters. The second-order valence-corrected chi connectivity index (χ2v) is 5.41. The standard InChI is InChI=1S/C16H19NO5/c1-8(2)22-16(20)13-10(4)17-9(3)12(15(18)19)14(13)11-6-5-7-21-11/h5-8,14,17H,1-4H3,(H,18,19). The summed E-state index contributed by atoms with van der Waals surface area (Å²) in [5, 5.41) is 12.5. The van der Waals surface area contributed by atoms with E-state index in [4.69, 9.17) is 9.15 Å². The number of hydrogen-bond acceptors (Lipinski definition) is 5. The van der Waals surface area contributed by atoms with Gasteiger partial charge in [0.15, 0.2) is 0 Å². The quantitative estimate of drug-likeness (QED) is 0.831. The highest BCUT2D eigenvalue weighted by Gasteiger charge is 2.39. The summed E-state index contributed by atoms with van der Waals surface area (Å²) in [6.07, 6.45) is 1.15. The zero-order valence-corrected chi connectivity index (χ0v) is 13.0. The number of ether oxygens (including phenoxy) is 1. The molecule has 0 saturated carbocycles. The van der Waals surface area contributed by atoms with Crippen LogP contribution in [0.4, 0.5) is 0 Å². The lowest BCUT2D eigenvalue weighted by Crippen LogP contribution is -2.32. The molecule has 0 saturated heterocycles. The minimum absolute atomic E-state index is 0.0799. The second-order valence-electron chi connectivity index (χ2n) is 5.41. The zero-order chi connectivity index (χ0) is 16.4. The summed E-state index contributed by atoms with van der Waals surface area (Å²) in [5.41, 5.74) is 1.38. The van der Waals surface area contributed by atoms with Gasteiger partial charge in [0.1, 0.15) is 5.76 Å². The van der Waals surface area contributed by atoms with Gasteiger partial charge in [0.25, 0.3) is 0 Å². The molecule has 2 rings (SSSR count). The highest BCUT2D eigenvalue weighted by atomic mass is 16.5. The first-order valence-corrected chi connectivity index (χ1v) is 6.99. The first-order valence-electron chi connectivity index (χ1n) is 6.99. The maximum Gasteiger partial charge on any atom is 0.337 e. The average molecular weight is 305 g/mol. The van der Waals surface area contributed by atoms with Gasteiger partial charge in [-0.15, -0.1) is 0 Å². The van der Waals surface area contributed by atoms with E-state index in [-0.39, 0.29) is 17.3 Å². The van der Waals surface area contributed by atoms with Crippen LogP contribution in [0.25, 0.3) is 0 Å². The van der Waals surface area contributed by atoms with E-state index in [1.165, 1.54) is 6.26 Å². The van der Waals surface area contributed by atoms with Crippen LogP contribution in [0.5, 0.6) is 0 Å². The van der Waals surface area contributed by atoms with Crippen LogP contribution in [0.15, 0.2) is 45.4 Å². The molecule has 0 amide bonds. The molecule has 0 spiro atoms. The van der Waals surface area contributed by atoms with Crippen LogP contribution >= 0.6 is 0 Å². The number of nitrogens with one attached hydrogen (secondary N) is 1. The van der Waals surface area contributed by atoms with Gasteiger partial charge in [-0.05, 0) is 39.8 Å². The van der Waals surface area contributed by atoms with Crippen molar-refractivity contribution in [1.29, 1.82) is 0 Å². The maximum absolute atomic E-state index is 12.4. The van der Waals surface area contributed by atoms with Gasteiger partial charge >= 0.3 is 11.9 Å². The molecule has 1 aliphatic rings. The van der Waals surface area contributed by atoms with Crippen LogP contribution in [0.1, 0.15) is 39.4 Å². The van der Waals surface area contributed by atoms with E-state index in [2.05, 4.69) is 5.32 Å². The molecular weight excluding hydrogens is 286 g/mol. The smallest absolute Gasteiger partial charge is 0.337 e. The minimum atomic E-state index is -1.10. The van der Waals surface area contributed by atoms with Crippen molar-refractivity contribution in [3.8, 4) is 0 Å². The third-order valence-corrected chi connectivity index (χ3v) is 3.38. The van der Waals surface area contributed by atoms with Gasteiger partial charge in [-0.3, -0.25) is 0 Å². The number of carboxylic acid groups (broad SMARTS) is 1. The number of carboxylic acids is 1. The molecule has 0 aromatic carbocycles. The Labute approximate surface area is 128 Å². The summed E-state index contributed by atoms with van der Waals surface area (Å²) in [4.78, 5) is 24.1. The molecule has 1 aromatic heterocycles. The molecule has 22 heavy (non-hydrogen) atoms. The number of hydrogen-bond donors (Lipinski definition) is 2. The Bertz CT molecular complexity index is 652. The van der Waals surface area contributed by atoms with Crippen molar-refractivity contribution in [1.82, 2.24) is 5.32 Å². The van der Waals surface area contributed by atoms with Crippen molar-refractivity contribution in [3.05, 3.63) is 46.7 Å². The van der Waals surface area contributed by atoms with Crippen molar-refractivity contribution < 1.29 is 23.8 Å². The Balaban J connectivity index is 2.56. The first-order chi connectivity index (χ1) is 10.3. The molecule has 2 heterocycles. The van der Waals surface area contributed by atoms with Gasteiger partial charge in [-0.1, -0.05) is 0 Å². The molecule has 0 bridgehead atoms. The molecule has 6 nitrogen and oxygen atoms in total. The Kier molecular flexibility index (Phi) is 4.40.